The van der Waals surface area contributed by atoms with Crippen molar-refractivity contribution in [1.29, 1.82) is 0 Å². The van der Waals surface area contributed by atoms with Gasteiger partial charge in [-0.15, -0.1) is 0 Å². The summed E-state index contributed by atoms with van der Waals surface area (Å²) < 4.78 is 0. The summed E-state index contributed by atoms with van der Waals surface area (Å²) in [6.07, 6.45) is 11.2. The molecule has 0 bridgehead atoms. The fraction of sp³-hybridized carbons (Fsp3) is 0.531. The molecule has 0 saturated heterocycles. The first-order chi connectivity index (χ1) is 17.6. The van der Waals surface area contributed by atoms with E-state index in [0.29, 0.717) is 17.9 Å². The Balaban J connectivity index is 1.36. The maximum Gasteiger partial charge on any atom is 0.226 e. The Labute approximate surface area is 216 Å². The van der Waals surface area contributed by atoms with Gasteiger partial charge in [-0.1, -0.05) is 67.8 Å². The minimum Gasteiger partial charge on any atom is -0.356 e. The third-order valence-corrected chi connectivity index (χ3v) is 9.60. The molecule has 1 N–H and O–H groups in total. The number of carbonyl (C=O) groups excluding carboxylic acids is 1. The van der Waals surface area contributed by atoms with Crippen LogP contribution < -0.4 is 0 Å². The molecule has 3 aromatic rings. The van der Waals surface area contributed by atoms with Crippen LogP contribution in [0, 0.1) is 11.8 Å². The summed E-state index contributed by atoms with van der Waals surface area (Å²) in [6.45, 7) is 0.866. The second-order valence-corrected chi connectivity index (χ2v) is 11.8. The number of benzene rings is 2. The van der Waals surface area contributed by atoms with Gasteiger partial charge in [0.1, 0.15) is 0 Å². The van der Waals surface area contributed by atoms with Gasteiger partial charge in [-0.25, -0.2) is 0 Å². The van der Waals surface area contributed by atoms with Crippen LogP contribution in [0.3, 0.4) is 0 Å². The molecule has 2 aromatic carbocycles. The second-order valence-electron chi connectivity index (χ2n) is 11.8. The molecule has 1 aliphatic heterocycles. The van der Waals surface area contributed by atoms with E-state index in [1.165, 1.54) is 47.0 Å². The van der Waals surface area contributed by atoms with Crippen LogP contribution in [-0.2, 0) is 16.8 Å². The summed E-state index contributed by atoms with van der Waals surface area (Å²) in [4.78, 5) is 22.7. The van der Waals surface area contributed by atoms with Gasteiger partial charge >= 0.3 is 0 Å². The Bertz CT molecular complexity index is 1200. The van der Waals surface area contributed by atoms with Gasteiger partial charge < -0.3 is 14.8 Å². The monoisotopic (exact) mass is 483 g/mol. The molecule has 2 saturated carbocycles. The van der Waals surface area contributed by atoms with E-state index in [-0.39, 0.29) is 11.5 Å². The third-order valence-electron chi connectivity index (χ3n) is 9.60. The van der Waals surface area contributed by atoms with Crippen LogP contribution in [0.4, 0.5) is 0 Å². The zero-order valence-corrected chi connectivity index (χ0v) is 22.0. The zero-order valence-electron chi connectivity index (χ0n) is 22.0. The van der Waals surface area contributed by atoms with Gasteiger partial charge in [-0.05, 0) is 82.2 Å². The number of H-pyrrole nitrogens is 1. The number of aromatic nitrogens is 1. The first-order valence-corrected chi connectivity index (χ1v) is 14.2. The van der Waals surface area contributed by atoms with Crippen molar-refractivity contribution in [2.24, 2.45) is 11.8 Å². The topological polar surface area (TPSA) is 39.3 Å². The van der Waals surface area contributed by atoms with E-state index in [1.54, 1.807) is 0 Å². The van der Waals surface area contributed by atoms with Crippen LogP contribution in [0.2, 0.25) is 0 Å². The lowest BCUT2D eigenvalue weighted by Gasteiger charge is -2.52. The van der Waals surface area contributed by atoms with E-state index in [0.717, 1.165) is 51.5 Å². The average Bonchev–Trinajstić information content (AvgIpc) is 3.31. The molecule has 190 valence electrons. The summed E-state index contributed by atoms with van der Waals surface area (Å²) in [6, 6.07) is 20.2. The lowest BCUT2D eigenvalue weighted by atomic mass is 9.67. The standard InChI is InChI=1S/C32H41N3O/c1-34(2)29(23-11-5-3-6-12-23)24-17-20-32(21-18-24)30-27(26-15-9-10-16-28(26)33-30)19-22-35(32)31(36)25-13-7-4-8-14-25/h3,5-6,9-12,15-16,24-25,29,33H,4,7-8,13-14,17-22H2,1-2H3. The first kappa shape index (κ1) is 23.8. The van der Waals surface area contributed by atoms with E-state index in [2.05, 4.69) is 83.5 Å². The van der Waals surface area contributed by atoms with Crippen LogP contribution in [0.1, 0.15) is 80.7 Å². The number of hydrogen-bond donors (Lipinski definition) is 1. The molecule has 2 aliphatic carbocycles. The molecule has 2 heterocycles. The molecule has 2 fully saturated rings. The van der Waals surface area contributed by atoms with Crippen molar-refractivity contribution in [3.8, 4) is 0 Å². The lowest BCUT2D eigenvalue weighted by Crippen LogP contribution is -2.57. The summed E-state index contributed by atoms with van der Waals surface area (Å²) in [5.74, 6) is 1.25. The number of amides is 1. The van der Waals surface area contributed by atoms with Gasteiger partial charge in [0, 0.05) is 35.1 Å². The predicted octanol–water partition coefficient (Wildman–Crippen LogP) is 6.82. The smallest absolute Gasteiger partial charge is 0.226 e. The third kappa shape index (κ3) is 3.98. The highest BCUT2D eigenvalue weighted by molar-refractivity contribution is 5.87. The Morgan fingerprint density at radius 2 is 1.64 bits per heavy atom. The Kier molecular flexibility index (Phi) is 6.41. The van der Waals surface area contributed by atoms with E-state index in [4.69, 9.17) is 0 Å². The molecule has 4 nitrogen and oxygen atoms in total. The highest BCUT2D eigenvalue weighted by atomic mass is 16.2. The van der Waals surface area contributed by atoms with Gasteiger partial charge in [0.25, 0.3) is 0 Å². The van der Waals surface area contributed by atoms with Crippen LogP contribution in [-0.4, -0.2) is 41.3 Å². The van der Waals surface area contributed by atoms with Crippen molar-refractivity contribution in [2.75, 3.05) is 20.6 Å². The van der Waals surface area contributed by atoms with Crippen molar-refractivity contribution >= 4 is 16.8 Å². The SMILES string of the molecule is CN(C)C(c1ccccc1)C1CCC2(CC1)c1[nH]c3ccccc3c1CCN2C(=O)C1CCCCC1. The van der Waals surface area contributed by atoms with Crippen LogP contribution in [0.5, 0.6) is 0 Å². The molecule has 0 radical (unpaired) electrons. The number of nitrogens with one attached hydrogen (secondary N) is 1. The molecule has 1 spiro atoms. The fourth-order valence-corrected chi connectivity index (χ4v) is 7.92. The van der Waals surface area contributed by atoms with Crippen molar-refractivity contribution in [2.45, 2.75) is 75.8 Å². The van der Waals surface area contributed by atoms with Crippen LogP contribution in [0.15, 0.2) is 54.6 Å². The van der Waals surface area contributed by atoms with Crippen LogP contribution in [0.25, 0.3) is 10.9 Å². The first-order valence-electron chi connectivity index (χ1n) is 14.2. The Morgan fingerprint density at radius 1 is 0.944 bits per heavy atom. The van der Waals surface area contributed by atoms with E-state index in [9.17, 15) is 4.79 Å². The number of para-hydroxylation sites is 1. The molecule has 3 aliphatic rings. The lowest BCUT2D eigenvalue weighted by molar-refractivity contribution is -0.147. The predicted molar refractivity (Wildman–Crippen MR) is 147 cm³/mol. The molecule has 1 aromatic heterocycles. The zero-order chi connectivity index (χ0) is 24.7. The van der Waals surface area contributed by atoms with E-state index in [1.807, 2.05) is 0 Å². The molecule has 1 unspecified atom stereocenters. The van der Waals surface area contributed by atoms with Crippen LogP contribution >= 0.6 is 0 Å². The highest BCUT2D eigenvalue weighted by Gasteiger charge is 2.50. The van der Waals surface area contributed by atoms with Crippen molar-refractivity contribution in [1.82, 2.24) is 14.8 Å². The summed E-state index contributed by atoms with van der Waals surface area (Å²) in [5.41, 5.74) is 5.26. The number of aromatic amines is 1. The van der Waals surface area contributed by atoms with Crippen molar-refractivity contribution < 1.29 is 4.79 Å². The normalized spacial score (nSPS) is 25.9. The number of hydrogen-bond acceptors (Lipinski definition) is 2. The highest BCUT2D eigenvalue weighted by Crippen LogP contribution is 2.52. The molecule has 1 atom stereocenters. The van der Waals surface area contributed by atoms with Crippen molar-refractivity contribution in [3.05, 3.63) is 71.4 Å². The van der Waals surface area contributed by atoms with Gasteiger partial charge in [0.15, 0.2) is 0 Å². The van der Waals surface area contributed by atoms with E-state index < -0.39 is 0 Å². The summed E-state index contributed by atoms with van der Waals surface area (Å²) in [5, 5.41) is 1.36. The maximum atomic E-state index is 14.1. The molecule has 1 amide bonds. The Morgan fingerprint density at radius 3 is 2.36 bits per heavy atom. The number of nitrogens with zero attached hydrogens (tertiary/aromatic N) is 2. The molecule has 6 rings (SSSR count). The fourth-order valence-electron chi connectivity index (χ4n) is 7.92. The van der Waals surface area contributed by atoms with Gasteiger partial charge in [0.05, 0.1) is 5.54 Å². The maximum absolute atomic E-state index is 14.1. The molecule has 36 heavy (non-hydrogen) atoms. The average molecular weight is 484 g/mol. The Hall–Kier alpha value is -2.59. The number of fused-ring (bicyclic) bond motifs is 4. The number of rotatable bonds is 4. The second kappa shape index (κ2) is 9.70. The largest absolute Gasteiger partial charge is 0.356 e. The van der Waals surface area contributed by atoms with Crippen molar-refractivity contribution in [3.63, 3.8) is 0 Å². The molecule has 4 heteroatoms. The summed E-state index contributed by atoms with van der Waals surface area (Å²) in [7, 11) is 4.44. The van der Waals surface area contributed by atoms with Gasteiger partial charge in [-0.3, -0.25) is 4.79 Å². The molecular formula is C32H41N3O. The summed E-state index contributed by atoms with van der Waals surface area (Å²) >= 11 is 0. The number of carbonyl (C=O) groups is 1. The van der Waals surface area contributed by atoms with Gasteiger partial charge in [-0.2, -0.15) is 0 Å². The van der Waals surface area contributed by atoms with E-state index >= 15 is 0 Å². The molecular weight excluding hydrogens is 442 g/mol. The minimum absolute atomic E-state index is 0.189. The van der Waals surface area contributed by atoms with Gasteiger partial charge in [0.2, 0.25) is 5.91 Å². The quantitative estimate of drug-likeness (QED) is 0.442. The minimum atomic E-state index is -0.189.